The average Bonchev–Trinajstić information content (AvgIpc) is 2.46. The molecule has 2 aromatic carbocycles. The van der Waals surface area contributed by atoms with Gasteiger partial charge in [-0.1, -0.05) is 0 Å². The highest BCUT2D eigenvalue weighted by Gasteiger charge is 2.21. The van der Waals surface area contributed by atoms with Gasteiger partial charge in [0.1, 0.15) is 17.2 Å². The van der Waals surface area contributed by atoms with Gasteiger partial charge in [0, 0.05) is 3.57 Å². The van der Waals surface area contributed by atoms with Crippen LogP contribution in [0.15, 0.2) is 41.3 Å². The Morgan fingerprint density at radius 2 is 1.65 bits per heavy atom. The lowest BCUT2D eigenvalue weighted by molar-refractivity contribution is 0.0590. The Bertz CT molecular complexity index is 831. The number of halogens is 3. The minimum absolute atomic E-state index is 0.0595. The lowest BCUT2D eigenvalue weighted by atomic mass is 10.2. The monoisotopic (exact) mass is 453 g/mol. The summed E-state index contributed by atoms with van der Waals surface area (Å²) < 4.78 is 59.1. The predicted octanol–water partition coefficient (Wildman–Crippen LogP) is 3.16. The van der Waals surface area contributed by atoms with Crippen molar-refractivity contribution in [1.82, 2.24) is 0 Å². The van der Waals surface area contributed by atoms with Crippen LogP contribution in [0, 0.1) is 15.2 Å². The zero-order valence-electron chi connectivity index (χ0n) is 11.6. The van der Waals surface area contributed by atoms with Crippen LogP contribution in [0.1, 0.15) is 10.4 Å². The van der Waals surface area contributed by atoms with Crippen LogP contribution in [0.25, 0.3) is 0 Å². The summed E-state index contributed by atoms with van der Waals surface area (Å²) in [6.07, 6.45) is 0. The highest BCUT2D eigenvalue weighted by atomic mass is 127. The summed E-state index contributed by atoms with van der Waals surface area (Å²) >= 11 is 2.01. The molecule has 0 aromatic heterocycles. The van der Waals surface area contributed by atoms with Crippen LogP contribution in [-0.2, 0) is 14.8 Å². The SMILES string of the molecule is COC(=O)c1c(F)cc(NS(=O)(=O)c2ccc(I)cc2)cc1F. The van der Waals surface area contributed by atoms with Gasteiger partial charge in [0.05, 0.1) is 17.7 Å². The second-order valence-electron chi connectivity index (χ2n) is 4.37. The Hall–Kier alpha value is -1.75. The highest BCUT2D eigenvalue weighted by Crippen LogP contribution is 2.22. The van der Waals surface area contributed by atoms with E-state index in [1.807, 2.05) is 22.6 Å². The van der Waals surface area contributed by atoms with Crippen molar-refractivity contribution in [3.63, 3.8) is 0 Å². The first-order valence-corrected chi connectivity index (χ1v) is 8.66. The Morgan fingerprint density at radius 1 is 1.13 bits per heavy atom. The molecule has 2 aromatic rings. The number of ether oxygens (including phenoxy) is 1. The standard InChI is InChI=1S/C14H10F2INO4S/c1-22-14(19)13-11(15)6-9(7-12(13)16)18-23(20,21)10-4-2-8(17)3-5-10/h2-7,18H,1H3. The fraction of sp³-hybridized carbons (Fsp3) is 0.0714. The molecule has 0 unspecified atom stereocenters. The van der Waals surface area contributed by atoms with Gasteiger partial charge in [0.2, 0.25) is 0 Å². The molecule has 0 aliphatic heterocycles. The van der Waals surface area contributed by atoms with E-state index in [0.717, 1.165) is 10.7 Å². The number of hydrogen-bond acceptors (Lipinski definition) is 4. The first-order chi connectivity index (χ1) is 10.7. The smallest absolute Gasteiger partial charge is 0.343 e. The molecule has 0 saturated carbocycles. The van der Waals surface area contributed by atoms with Crippen LogP contribution in [-0.4, -0.2) is 21.5 Å². The van der Waals surface area contributed by atoms with Crippen molar-refractivity contribution < 1.29 is 26.7 Å². The van der Waals surface area contributed by atoms with E-state index in [0.29, 0.717) is 12.1 Å². The van der Waals surface area contributed by atoms with Crippen LogP contribution in [0.3, 0.4) is 0 Å². The minimum atomic E-state index is -4.01. The summed E-state index contributed by atoms with van der Waals surface area (Å²) in [5.41, 5.74) is -1.23. The van der Waals surface area contributed by atoms with E-state index < -0.39 is 33.2 Å². The van der Waals surface area contributed by atoms with Crippen molar-refractivity contribution in [2.24, 2.45) is 0 Å². The summed E-state index contributed by atoms with van der Waals surface area (Å²) in [5, 5.41) is 0. The Balaban J connectivity index is 2.37. The molecule has 0 saturated heterocycles. The van der Waals surface area contributed by atoms with Crippen molar-refractivity contribution >= 4 is 44.3 Å². The molecular weight excluding hydrogens is 443 g/mol. The van der Waals surface area contributed by atoms with E-state index in [1.54, 1.807) is 12.1 Å². The van der Waals surface area contributed by atoms with Crippen molar-refractivity contribution in [1.29, 1.82) is 0 Å². The lowest BCUT2D eigenvalue weighted by Gasteiger charge is -2.10. The molecule has 1 N–H and O–H groups in total. The van der Waals surface area contributed by atoms with Crippen LogP contribution < -0.4 is 4.72 Å². The molecule has 0 radical (unpaired) electrons. The number of esters is 1. The van der Waals surface area contributed by atoms with Gasteiger partial charge in [0.25, 0.3) is 10.0 Å². The summed E-state index contributed by atoms with van der Waals surface area (Å²) in [6.45, 7) is 0. The number of benzene rings is 2. The van der Waals surface area contributed by atoms with Crippen LogP contribution >= 0.6 is 22.6 Å². The molecule has 0 aliphatic carbocycles. The second kappa shape index (κ2) is 6.79. The summed E-state index contributed by atoms with van der Waals surface area (Å²) in [7, 11) is -3.02. The van der Waals surface area contributed by atoms with Crippen molar-refractivity contribution in [2.75, 3.05) is 11.8 Å². The molecule has 0 heterocycles. The molecule has 0 bridgehead atoms. The third-order valence-electron chi connectivity index (χ3n) is 2.81. The number of rotatable bonds is 4. The average molecular weight is 453 g/mol. The van der Waals surface area contributed by atoms with Gasteiger partial charge >= 0.3 is 5.97 Å². The van der Waals surface area contributed by atoms with E-state index in [1.165, 1.54) is 12.1 Å². The predicted molar refractivity (Wildman–Crippen MR) is 87.7 cm³/mol. The molecule has 0 fully saturated rings. The summed E-state index contributed by atoms with van der Waals surface area (Å²) in [6, 6.07) is 7.30. The maximum atomic E-state index is 13.8. The van der Waals surface area contributed by atoms with E-state index in [4.69, 9.17) is 0 Å². The van der Waals surface area contributed by atoms with Gasteiger partial charge < -0.3 is 4.74 Å². The molecule has 9 heteroatoms. The van der Waals surface area contributed by atoms with Gasteiger partial charge in [-0.3, -0.25) is 4.72 Å². The first-order valence-electron chi connectivity index (χ1n) is 6.10. The third kappa shape index (κ3) is 3.96. The molecule has 122 valence electrons. The van der Waals surface area contributed by atoms with Crippen LogP contribution in [0.2, 0.25) is 0 Å². The van der Waals surface area contributed by atoms with Gasteiger partial charge in [-0.2, -0.15) is 0 Å². The molecule has 0 atom stereocenters. The Labute approximate surface area is 144 Å². The van der Waals surface area contributed by atoms with Crippen molar-refractivity contribution in [3.8, 4) is 0 Å². The van der Waals surface area contributed by atoms with Gasteiger partial charge in [-0.15, -0.1) is 0 Å². The van der Waals surface area contributed by atoms with Gasteiger partial charge in [0.15, 0.2) is 0 Å². The summed E-state index contributed by atoms with van der Waals surface area (Å²) in [5.74, 6) is -3.64. The first kappa shape index (κ1) is 17.6. The topological polar surface area (TPSA) is 72.5 Å². The zero-order valence-corrected chi connectivity index (χ0v) is 14.6. The number of methoxy groups -OCH3 is 1. The number of carbonyl (C=O) groups excluding carboxylic acids is 1. The Morgan fingerprint density at radius 3 is 2.13 bits per heavy atom. The van der Waals surface area contributed by atoms with E-state index in [-0.39, 0.29) is 10.6 Å². The maximum Gasteiger partial charge on any atom is 0.343 e. The number of anilines is 1. The third-order valence-corrected chi connectivity index (χ3v) is 4.92. The molecule has 0 aliphatic rings. The fourth-order valence-corrected chi connectivity index (χ4v) is 3.16. The quantitative estimate of drug-likeness (QED) is 0.571. The van der Waals surface area contributed by atoms with Gasteiger partial charge in [-0.25, -0.2) is 22.0 Å². The van der Waals surface area contributed by atoms with Crippen molar-refractivity contribution in [2.45, 2.75) is 4.90 Å². The summed E-state index contributed by atoms with van der Waals surface area (Å²) in [4.78, 5) is 11.2. The van der Waals surface area contributed by atoms with E-state index in [9.17, 15) is 22.0 Å². The van der Waals surface area contributed by atoms with Crippen LogP contribution in [0.4, 0.5) is 14.5 Å². The van der Waals surface area contributed by atoms with Crippen molar-refractivity contribution in [3.05, 3.63) is 57.2 Å². The normalized spacial score (nSPS) is 11.1. The number of hydrogen-bond donors (Lipinski definition) is 1. The number of nitrogens with one attached hydrogen (secondary N) is 1. The molecule has 23 heavy (non-hydrogen) atoms. The van der Waals surface area contributed by atoms with Crippen LogP contribution in [0.5, 0.6) is 0 Å². The zero-order chi connectivity index (χ0) is 17.2. The largest absolute Gasteiger partial charge is 0.465 e. The molecular formula is C14H10F2INO4S. The van der Waals surface area contributed by atoms with Gasteiger partial charge in [-0.05, 0) is 59.0 Å². The molecule has 2 rings (SSSR count). The lowest BCUT2D eigenvalue weighted by Crippen LogP contribution is -2.15. The maximum absolute atomic E-state index is 13.8. The van der Waals surface area contributed by atoms with E-state index in [2.05, 4.69) is 9.46 Å². The molecule has 0 amide bonds. The fourth-order valence-electron chi connectivity index (χ4n) is 1.76. The molecule has 0 spiro atoms. The Kier molecular flexibility index (Phi) is 5.19. The number of sulfonamides is 1. The number of carbonyl (C=O) groups is 1. The second-order valence-corrected chi connectivity index (χ2v) is 7.29. The highest BCUT2D eigenvalue weighted by molar-refractivity contribution is 14.1. The van der Waals surface area contributed by atoms with E-state index >= 15 is 0 Å². The molecule has 5 nitrogen and oxygen atoms in total. The minimum Gasteiger partial charge on any atom is -0.465 e.